The number of nitro benzene ring substituents is 1. The van der Waals surface area contributed by atoms with Gasteiger partial charge >= 0.3 is 5.97 Å². The van der Waals surface area contributed by atoms with Crippen molar-refractivity contribution < 1.29 is 19.6 Å². The predicted octanol–water partition coefficient (Wildman–Crippen LogP) is 1.49. The molecule has 0 bridgehead atoms. The van der Waals surface area contributed by atoms with Gasteiger partial charge in [-0.2, -0.15) is 0 Å². The Morgan fingerprint density at radius 1 is 1.43 bits per heavy atom. The molecule has 21 heavy (non-hydrogen) atoms. The first-order valence-corrected chi connectivity index (χ1v) is 6.28. The van der Waals surface area contributed by atoms with Crippen LogP contribution in [0.3, 0.4) is 0 Å². The molecule has 0 aliphatic rings. The Hall–Kier alpha value is -2.64. The van der Waals surface area contributed by atoms with E-state index in [-0.39, 0.29) is 35.0 Å². The monoisotopic (exact) mass is 295 g/mol. The summed E-state index contributed by atoms with van der Waals surface area (Å²) in [4.78, 5) is 34.5. The third kappa shape index (κ3) is 3.91. The minimum Gasteiger partial charge on any atom is -0.478 e. The molecule has 8 heteroatoms. The maximum absolute atomic E-state index is 11.7. The average Bonchev–Trinajstić information content (AvgIpc) is 2.44. The number of amides is 1. The van der Waals surface area contributed by atoms with Crippen LogP contribution in [0.1, 0.15) is 22.8 Å². The SMILES string of the molecule is CCN(C)C(=O)CNc1cc(C(=O)O)cc([N+](=O)[O-])c1C. The van der Waals surface area contributed by atoms with Crippen molar-refractivity contribution in [2.24, 2.45) is 0 Å². The fourth-order valence-electron chi connectivity index (χ4n) is 1.68. The molecule has 0 atom stereocenters. The fourth-order valence-corrected chi connectivity index (χ4v) is 1.68. The summed E-state index contributed by atoms with van der Waals surface area (Å²) in [7, 11) is 1.63. The van der Waals surface area contributed by atoms with E-state index in [0.29, 0.717) is 6.54 Å². The van der Waals surface area contributed by atoms with Gasteiger partial charge in [-0.25, -0.2) is 4.79 Å². The Balaban J connectivity index is 3.08. The first-order chi connectivity index (χ1) is 9.77. The number of benzene rings is 1. The van der Waals surface area contributed by atoms with Crippen molar-refractivity contribution in [1.82, 2.24) is 4.90 Å². The molecule has 0 unspecified atom stereocenters. The number of anilines is 1. The summed E-state index contributed by atoms with van der Waals surface area (Å²) in [5.41, 5.74) is 0.0520. The number of carboxylic acids is 1. The number of hydrogen-bond donors (Lipinski definition) is 2. The number of nitro groups is 1. The zero-order valence-electron chi connectivity index (χ0n) is 12.0. The molecule has 1 rings (SSSR count). The summed E-state index contributed by atoms with van der Waals surface area (Å²) in [6.45, 7) is 3.79. The molecule has 1 aromatic rings. The highest BCUT2D eigenvalue weighted by molar-refractivity contribution is 5.91. The molecule has 0 heterocycles. The quantitative estimate of drug-likeness (QED) is 0.607. The van der Waals surface area contributed by atoms with E-state index in [1.165, 1.54) is 17.9 Å². The molecule has 0 aliphatic carbocycles. The maximum atomic E-state index is 11.7. The van der Waals surface area contributed by atoms with Gasteiger partial charge < -0.3 is 15.3 Å². The van der Waals surface area contributed by atoms with Gasteiger partial charge in [-0.3, -0.25) is 14.9 Å². The normalized spacial score (nSPS) is 10.0. The number of carbonyl (C=O) groups is 2. The van der Waals surface area contributed by atoms with Crippen LogP contribution in [0.25, 0.3) is 0 Å². The van der Waals surface area contributed by atoms with Crippen LogP contribution >= 0.6 is 0 Å². The predicted molar refractivity (Wildman–Crippen MR) is 76.6 cm³/mol. The average molecular weight is 295 g/mol. The van der Waals surface area contributed by atoms with Crippen LogP contribution in [0.4, 0.5) is 11.4 Å². The lowest BCUT2D eigenvalue weighted by molar-refractivity contribution is -0.385. The smallest absolute Gasteiger partial charge is 0.336 e. The highest BCUT2D eigenvalue weighted by Crippen LogP contribution is 2.27. The standard InChI is InChI=1S/C13H17N3O5/c1-4-15(3)12(17)7-14-10-5-9(13(18)19)6-11(8(10)2)16(20)21/h5-6,14H,4,7H2,1-3H3,(H,18,19). The van der Waals surface area contributed by atoms with Crippen LogP contribution < -0.4 is 5.32 Å². The summed E-state index contributed by atoms with van der Waals surface area (Å²) in [5.74, 6) is -1.46. The topological polar surface area (TPSA) is 113 Å². The molecule has 0 spiro atoms. The van der Waals surface area contributed by atoms with Gasteiger partial charge in [0, 0.05) is 30.9 Å². The number of rotatable bonds is 6. The van der Waals surface area contributed by atoms with Crippen LogP contribution in [0, 0.1) is 17.0 Å². The Morgan fingerprint density at radius 2 is 2.05 bits per heavy atom. The molecular formula is C13H17N3O5. The Morgan fingerprint density at radius 3 is 2.52 bits per heavy atom. The zero-order valence-corrected chi connectivity index (χ0v) is 12.0. The van der Waals surface area contributed by atoms with Gasteiger partial charge in [0.05, 0.1) is 17.0 Å². The lowest BCUT2D eigenvalue weighted by Gasteiger charge is -2.16. The molecule has 0 aliphatic heterocycles. The molecule has 2 N–H and O–H groups in total. The number of nitrogens with one attached hydrogen (secondary N) is 1. The first kappa shape index (κ1) is 16.4. The number of hydrogen-bond acceptors (Lipinski definition) is 5. The van der Waals surface area contributed by atoms with Gasteiger partial charge in [-0.05, 0) is 19.9 Å². The molecule has 1 aromatic carbocycles. The van der Waals surface area contributed by atoms with Gasteiger partial charge in [-0.1, -0.05) is 0 Å². The summed E-state index contributed by atoms with van der Waals surface area (Å²) < 4.78 is 0. The lowest BCUT2D eigenvalue weighted by atomic mass is 10.1. The number of likely N-dealkylation sites (N-methyl/N-ethyl adjacent to an activating group) is 1. The Labute approximate surface area is 121 Å². The lowest BCUT2D eigenvalue weighted by Crippen LogP contribution is -2.32. The molecule has 1 amide bonds. The second-order valence-corrected chi connectivity index (χ2v) is 4.49. The third-order valence-electron chi connectivity index (χ3n) is 3.15. The number of carboxylic acid groups (broad SMARTS) is 1. The van der Waals surface area contributed by atoms with Crippen LogP contribution in [0.15, 0.2) is 12.1 Å². The van der Waals surface area contributed by atoms with Gasteiger partial charge in [0.1, 0.15) is 0 Å². The summed E-state index contributed by atoms with van der Waals surface area (Å²) >= 11 is 0. The van der Waals surface area contributed by atoms with Crippen molar-refractivity contribution in [2.45, 2.75) is 13.8 Å². The van der Waals surface area contributed by atoms with Crippen LogP contribution in [0.5, 0.6) is 0 Å². The van der Waals surface area contributed by atoms with Crippen molar-refractivity contribution >= 4 is 23.3 Å². The van der Waals surface area contributed by atoms with Gasteiger partial charge in [0.2, 0.25) is 5.91 Å². The Bertz CT molecular complexity index is 585. The number of nitrogens with zero attached hydrogens (tertiary/aromatic N) is 2. The molecule has 0 fully saturated rings. The van der Waals surface area contributed by atoms with E-state index in [1.807, 2.05) is 6.92 Å². The highest BCUT2D eigenvalue weighted by Gasteiger charge is 2.19. The van der Waals surface area contributed by atoms with E-state index >= 15 is 0 Å². The van der Waals surface area contributed by atoms with E-state index in [1.54, 1.807) is 7.05 Å². The minimum atomic E-state index is -1.27. The second-order valence-electron chi connectivity index (χ2n) is 4.49. The van der Waals surface area contributed by atoms with E-state index in [9.17, 15) is 19.7 Å². The van der Waals surface area contributed by atoms with E-state index < -0.39 is 10.9 Å². The number of carbonyl (C=O) groups excluding carboxylic acids is 1. The van der Waals surface area contributed by atoms with E-state index in [0.717, 1.165) is 6.07 Å². The van der Waals surface area contributed by atoms with E-state index in [4.69, 9.17) is 5.11 Å². The maximum Gasteiger partial charge on any atom is 0.336 e. The van der Waals surface area contributed by atoms with Crippen molar-refractivity contribution in [3.8, 4) is 0 Å². The highest BCUT2D eigenvalue weighted by atomic mass is 16.6. The second kappa shape index (κ2) is 6.69. The van der Waals surface area contributed by atoms with Crippen LogP contribution in [-0.2, 0) is 4.79 Å². The summed E-state index contributed by atoms with van der Waals surface area (Å²) in [5, 5.41) is 22.7. The van der Waals surface area contributed by atoms with Gasteiger partial charge in [-0.15, -0.1) is 0 Å². The molecule has 0 aromatic heterocycles. The van der Waals surface area contributed by atoms with Crippen LogP contribution in [-0.4, -0.2) is 46.9 Å². The summed E-state index contributed by atoms with van der Waals surface area (Å²) in [6.07, 6.45) is 0. The zero-order chi connectivity index (χ0) is 16.2. The van der Waals surface area contributed by atoms with Crippen molar-refractivity contribution in [1.29, 1.82) is 0 Å². The van der Waals surface area contributed by atoms with Crippen molar-refractivity contribution in [3.05, 3.63) is 33.4 Å². The van der Waals surface area contributed by atoms with Crippen molar-refractivity contribution in [3.63, 3.8) is 0 Å². The van der Waals surface area contributed by atoms with Gasteiger partial charge in [0.15, 0.2) is 0 Å². The molecular weight excluding hydrogens is 278 g/mol. The first-order valence-electron chi connectivity index (χ1n) is 6.28. The molecule has 114 valence electrons. The Kier molecular flexibility index (Phi) is 5.23. The number of aromatic carboxylic acids is 1. The third-order valence-corrected chi connectivity index (χ3v) is 3.15. The van der Waals surface area contributed by atoms with Crippen molar-refractivity contribution in [2.75, 3.05) is 25.5 Å². The molecule has 0 radical (unpaired) electrons. The molecule has 0 saturated carbocycles. The minimum absolute atomic E-state index is 0.0641. The van der Waals surface area contributed by atoms with Gasteiger partial charge in [0.25, 0.3) is 5.69 Å². The molecule has 0 saturated heterocycles. The molecule has 8 nitrogen and oxygen atoms in total. The van der Waals surface area contributed by atoms with Crippen LogP contribution in [0.2, 0.25) is 0 Å². The fraction of sp³-hybridized carbons (Fsp3) is 0.385. The largest absolute Gasteiger partial charge is 0.478 e. The van der Waals surface area contributed by atoms with E-state index in [2.05, 4.69) is 5.32 Å². The summed E-state index contributed by atoms with van der Waals surface area (Å²) in [6, 6.07) is 2.28.